The first-order chi connectivity index (χ1) is 10.6. The van der Waals surface area contributed by atoms with Crippen LogP contribution < -0.4 is 5.32 Å². The summed E-state index contributed by atoms with van der Waals surface area (Å²) in [6.45, 7) is 2.07. The maximum absolute atomic E-state index is 12.2. The highest BCUT2D eigenvalue weighted by atomic mass is 127. The van der Waals surface area contributed by atoms with Crippen molar-refractivity contribution in [1.29, 1.82) is 0 Å². The number of carbonyl (C=O) groups excluding carboxylic acids is 1. The van der Waals surface area contributed by atoms with Crippen LogP contribution in [0.5, 0.6) is 0 Å². The summed E-state index contributed by atoms with van der Waals surface area (Å²) < 4.78 is 1.13. The van der Waals surface area contributed by atoms with Crippen molar-refractivity contribution in [1.82, 2.24) is 4.90 Å². The quantitative estimate of drug-likeness (QED) is 0.792. The van der Waals surface area contributed by atoms with Gasteiger partial charge in [0.1, 0.15) is 0 Å². The molecule has 0 saturated heterocycles. The van der Waals surface area contributed by atoms with E-state index in [2.05, 4.69) is 52.0 Å². The molecule has 0 saturated carbocycles. The van der Waals surface area contributed by atoms with Crippen molar-refractivity contribution in [3.05, 3.63) is 62.7 Å². The molecule has 3 rings (SSSR count). The van der Waals surface area contributed by atoms with Crippen LogP contribution in [0.2, 0.25) is 0 Å². The minimum Gasteiger partial charge on any atom is -0.326 e. The van der Waals surface area contributed by atoms with E-state index in [1.807, 2.05) is 30.3 Å². The number of benzene rings is 2. The van der Waals surface area contributed by atoms with E-state index in [0.717, 1.165) is 34.3 Å². The smallest absolute Gasteiger partial charge is 0.228 e. The maximum Gasteiger partial charge on any atom is 0.228 e. The molecule has 2 aromatic carbocycles. The Balaban J connectivity index is 1.68. The molecular formula is C18H19IN2O. The van der Waals surface area contributed by atoms with Crippen LogP contribution in [-0.2, 0) is 24.2 Å². The van der Waals surface area contributed by atoms with Gasteiger partial charge >= 0.3 is 0 Å². The number of halogens is 1. The van der Waals surface area contributed by atoms with Gasteiger partial charge in [-0.05, 0) is 70.9 Å². The molecule has 0 aromatic heterocycles. The molecule has 1 aliphatic rings. The first-order valence-electron chi connectivity index (χ1n) is 7.45. The Morgan fingerprint density at radius 1 is 1.23 bits per heavy atom. The molecule has 0 atom stereocenters. The third-order valence-corrected chi connectivity index (χ3v) is 5.05. The van der Waals surface area contributed by atoms with Gasteiger partial charge in [0.2, 0.25) is 5.91 Å². The topological polar surface area (TPSA) is 32.3 Å². The van der Waals surface area contributed by atoms with E-state index < -0.39 is 0 Å². The van der Waals surface area contributed by atoms with Gasteiger partial charge in [-0.3, -0.25) is 4.79 Å². The van der Waals surface area contributed by atoms with Crippen molar-refractivity contribution in [2.45, 2.75) is 19.4 Å². The van der Waals surface area contributed by atoms with Gasteiger partial charge in [0.25, 0.3) is 0 Å². The lowest BCUT2D eigenvalue weighted by Gasteiger charge is -2.25. The second-order valence-electron chi connectivity index (χ2n) is 5.79. The Kier molecular flexibility index (Phi) is 4.78. The number of hydrogen-bond acceptors (Lipinski definition) is 2. The summed E-state index contributed by atoms with van der Waals surface area (Å²) in [7, 11) is 2.14. The number of hydrogen-bond donors (Lipinski definition) is 1. The summed E-state index contributed by atoms with van der Waals surface area (Å²) in [6, 6.07) is 14.3. The van der Waals surface area contributed by atoms with Crippen LogP contribution in [0.3, 0.4) is 0 Å². The minimum atomic E-state index is 0.0389. The molecule has 0 bridgehead atoms. The molecule has 22 heavy (non-hydrogen) atoms. The zero-order valence-electron chi connectivity index (χ0n) is 12.6. The minimum absolute atomic E-state index is 0.0389. The molecule has 1 N–H and O–H groups in total. The summed E-state index contributed by atoms with van der Waals surface area (Å²) in [6.07, 6.45) is 1.46. The molecule has 1 heterocycles. The van der Waals surface area contributed by atoms with E-state index >= 15 is 0 Å². The molecule has 1 amide bonds. The second kappa shape index (κ2) is 6.79. The van der Waals surface area contributed by atoms with E-state index in [4.69, 9.17) is 0 Å². The number of nitrogens with zero attached hydrogens (tertiary/aromatic N) is 1. The van der Waals surface area contributed by atoms with Crippen molar-refractivity contribution >= 4 is 34.2 Å². The lowest BCUT2D eigenvalue weighted by Crippen LogP contribution is -2.26. The third kappa shape index (κ3) is 3.67. The van der Waals surface area contributed by atoms with Crippen molar-refractivity contribution in [2.75, 3.05) is 18.9 Å². The fraction of sp³-hybridized carbons (Fsp3) is 0.278. The Morgan fingerprint density at radius 2 is 2.05 bits per heavy atom. The number of fused-ring (bicyclic) bond motifs is 1. The number of anilines is 1. The molecule has 3 nitrogen and oxygen atoms in total. The summed E-state index contributed by atoms with van der Waals surface area (Å²) >= 11 is 2.27. The second-order valence-corrected chi connectivity index (χ2v) is 6.95. The van der Waals surface area contributed by atoms with Crippen LogP contribution in [0, 0.1) is 3.57 Å². The van der Waals surface area contributed by atoms with Crippen LogP contribution in [0.25, 0.3) is 0 Å². The highest BCUT2D eigenvalue weighted by Crippen LogP contribution is 2.22. The predicted molar refractivity (Wildman–Crippen MR) is 98.0 cm³/mol. The highest BCUT2D eigenvalue weighted by Gasteiger charge is 2.14. The molecule has 0 spiro atoms. The first-order valence-corrected chi connectivity index (χ1v) is 8.53. The van der Waals surface area contributed by atoms with Crippen molar-refractivity contribution < 1.29 is 4.79 Å². The van der Waals surface area contributed by atoms with Crippen molar-refractivity contribution in [3.8, 4) is 0 Å². The zero-order chi connectivity index (χ0) is 15.5. The summed E-state index contributed by atoms with van der Waals surface area (Å²) in [5, 5.41) is 3.02. The molecule has 0 fully saturated rings. The van der Waals surface area contributed by atoms with Crippen LogP contribution in [0.4, 0.5) is 5.69 Å². The van der Waals surface area contributed by atoms with E-state index in [0.29, 0.717) is 6.42 Å². The number of nitrogens with one attached hydrogen (secondary N) is 1. The maximum atomic E-state index is 12.2. The fourth-order valence-electron chi connectivity index (χ4n) is 2.79. The molecule has 4 heteroatoms. The van der Waals surface area contributed by atoms with Crippen LogP contribution >= 0.6 is 22.6 Å². The van der Waals surface area contributed by atoms with Crippen LogP contribution in [0.15, 0.2) is 42.5 Å². The molecule has 2 aromatic rings. The van der Waals surface area contributed by atoms with E-state index in [1.165, 1.54) is 11.1 Å². The molecule has 0 aliphatic carbocycles. The van der Waals surface area contributed by atoms with Crippen molar-refractivity contribution in [3.63, 3.8) is 0 Å². The highest BCUT2D eigenvalue weighted by molar-refractivity contribution is 14.1. The van der Waals surface area contributed by atoms with Gasteiger partial charge in [0.15, 0.2) is 0 Å². The Labute approximate surface area is 144 Å². The van der Waals surface area contributed by atoms with Gasteiger partial charge in [-0.25, -0.2) is 0 Å². The number of carbonyl (C=O) groups is 1. The largest absolute Gasteiger partial charge is 0.326 e. The van der Waals surface area contributed by atoms with E-state index in [-0.39, 0.29) is 5.91 Å². The normalized spacial score (nSPS) is 14.5. The van der Waals surface area contributed by atoms with Gasteiger partial charge in [0, 0.05) is 22.3 Å². The molecule has 114 valence electrons. The zero-order valence-corrected chi connectivity index (χ0v) is 14.8. The predicted octanol–water partition coefficient (Wildman–Crippen LogP) is 3.46. The number of amides is 1. The van der Waals surface area contributed by atoms with E-state index in [9.17, 15) is 4.79 Å². The average molecular weight is 406 g/mol. The van der Waals surface area contributed by atoms with Gasteiger partial charge < -0.3 is 10.2 Å². The molecule has 0 unspecified atom stereocenters. The van der Waals surface area contributed by atoms with Crippen molar-refractivity contribution in [2.24, 2.45) is 0 Å². The van der Waals surface area contributed by atoms with Crippen LogP contribution in [0.1, 0.15) is 16.7 Å². The molecular weight excluding hydrogens is 387 g/mol. The lowest BCUT2D eigenvalue weighted by molar-refractivity contribution is -0.115. The van der Waals surface area contributed by atoms with E-state index in [1.54, 1.807) is 0 Å². The van der Waals surface area contributed by atoms with Gasteiger partial charge in [-0.1, -0.05) is 24.3 Å². The third-order valence-electron chi connectivity index (χ3n) is 4.00. The van der Waals surface area contributed by atoms with Crippen LogP contribution in [-0.4, -0.2) is 24.4 Å². The monoisotopic (exact) mass is 406 g/mol. The summed E-state index contributed by atoms with van der Waals surface area (Å²) in [4.78, 5) is 14.5. The number of likely N-dealkylation sites (N-methyl/N-ethyl adjacent to an activating group) is 1. The van der Waals surface area contributed by atoms with Gasteiger partial charge in [-0.2, -0.15) is 0 Å². The number of rotatable bonds is 3. The summed E-state index contributed by atoms with van der Waals surface area (Å²) in [5.74, 6) is 0.0389. The van der Waals surface area contributed by atoms with Gasteiger partial charge in [-0.15, -0.1) is 0 Å². The molecule has 1 aliphatic heterocycles. The first kappa shape index (κ1) is 15.5. The standard InChI is InChI=1S/C18H19IN2O/c1-21-9-8-13-10-16(7-6-15(13)12-21)20-18(22)11-14-4-2-3-5-17(14)19/h2-7,10H,8-9,11-12H2,1H3,(H,20,22). The Bertz CT molecular complexity index is 699. The lowest BCUT2D eigenvalue weighted by atomic mass is 9.99. The van der Waals surface area contributed by atoms with Gasteiger partial charge in [0.05, 0.1) is 6.42 Å². The molecule has 0 radical (unpaired) electrons. The fourth-order valence-corrected chi connectivity index (χ4v) is 3.37. The Morgan fingerprint density at radius 3 is 2.86 bits per heavy atom. The summed E-state index contributed by atoms with van der Waals surface area (Å²) in [5.41, 5.74) is 4.69. The average Bonchev–Trinajstić information content (AvgIpc) is 2.50. The Hall–Kier alpha value is -1.40. The SMILES string of the molecule is CN1CCc2cc(NC(=O)Cc3ccccc3I)ccc2C1.